The smallest absolute Gasteiger partial charge is 0.450 e. The standard InChI is InChI=1S/C44H84O6/c1-3-5-7-9-10-11-12-13-14-15-16-17-21-24-27-32-38-47-40-42(50-44(45)46)36-30-26-23-20-18-19-22-25-29-35-41(34-28-8-6-4-2)49-43-37-31-33-39-48-43/h25,29,41-43H,3-24,26-28,30-40H2,1-2H3,(H,45,46)/t41-,42?,43?/m1/s1. The van der Waals surface area contributed by atoms with Crippen LogP contribution in [0.1, 0.15) is 226 Å². The highest BCUT2D eigenvalue weighted by Gasteiger charge is 2.19. The first kappa shape index (κ1) is 46.9. The molecule has 0 saturated carbocycles. The summed E-state index contributed by atoms with van der Waals surface area (Å²) < 4.78 is 23.1. The highest BCUT2D eigenvalue weighted by atomic mass is 16.7. The van der Waals surface area contributed by atoms with Gasteiger partial charge in [0.05, 0.1) is 12.7 Å². The second-order valence-corrected chi connectivity index (χ2v) is 15.2. The normalized spacial score (nSPS) is 16.2. The number of allylic oxidation sites excluding steroid dienone is 1. The molecule has 0 aliphatic carbocycles. The molecule has 6 nitrogen and oxygen atoms in total. The SMILES string of the molecule is CCCCCCCCCCCCCCCCCCOCC(CCCCCCCCC=CC[C@@H](CCCCCC)OC1CCCCO1)OC(=O)O. The molecule has 50 heavy (non-hydrogen) atoms. The monoisotopic (exact) mass is 709 g/mol. The average Bonchev–Trinajstić information content (AvgIpc) is 3.11. The molecule has 296 valence electrons. The highest BCUT2D eigenvalue weighted by molar-refractivity contribution is 5.57. The zero-order chi connectivity index (χ0) is 36.0. The molecule has 2 unspecified atom stereocenters. The molecule has 0 spiro atoms. The Labute approximate surface area is 310 Å². The summed E-state index contributed by atoms with van der Waals surface area (Å²) in [4.78, 5) is 11.2. The van der Waals surface area contributed by atoms with E-state index in [0.717, 1.165) is 64.4 Å². The molecule has 1 fully saturated rings. The first-order valence-corrected chi connectivity index (χ1v) is 22.0. The van der Waals surface area contributed by atoms with Gasteiger partial charge in [-0.2, -0.15) is 0 Å². The Morgan fingerprint density at radius 3 is 1.68 bits per heavy atom. The van der Waals surface area contributed by atoms with E-state index in [4.69, 9.17) is 24.1 Å². The van der Waals surface area contributed by atoms with Gasteiger partial charge in [0.25, 0.3) is 0 Å². The third-order valence-electron chi connectivity index (χ3n) is 10.3. The minimum atomic E-state index is -1.19. The van der Waals surface area contributed by atoms with E-state index in [1.54, 1.807) is 0 Å². The molecule has 0 aromatic carbocycles. The molecule has 1 heterocycles. The minimum absolute atomic E-state index is 0.000335. The van der Waals surface area contributed by atoms with Gasteiger partial charge in [-0.3, -0.25) is 0 Å². The maximum Gasteiger partial charge on any atom is 0.506 e. The number of hydrogen-bond acceptors (Lipinski definition) is 5. The predicted molar refractivity (Wildman–Crippen MR) is 211 cm³/mol. The van der Waals surface area contributed by atoms with Crippen LogP contribution in [-0.4, -0.2) is 49.6 Å². The third kappa shape index (κ3) is 32.8. The van der Waals surface area contributed by atoms with Gasteiger partial charge < -0.3 is 24.1 Å². The molecule has 1 aliphatic heterocycles. The summed E-state index contributed by atoms with van der Waals surface area (Å²) in [6.45, 7) is 6.48. The van der Waals surface area contributed by atoms with Crippen molar-refractivity contribution in [2.24, 2.45) is 0 Å². The fraction of sp³-hybridized carbons (Fsp3) is 0.932. The topological polar surface area (TPSA) is 74.2 Å². The zero-order valence-electron chi connectivity index (χ0n) is 33.3. The number of hydrogen-bond donors (Lipinski definition) is 1. The maximum absolute atomic E-state index is 11.2. The van der Waals surface area contributed by atoms with Crippen molar-refractivity contribution in [3.63, 3.8) is 0 Å². The second kappa shape index (κ2) is 37.6. The molecule has 1 aliphatic rings. The Bertz CT molecular complexity index is 721. The van der Waals surface area contributed by atoms with Crippen LogP contribution in [0.4, 0.5) is 4.79 Å². The predicted octanol–water partition coefficient (Wildman–Crippen LogP) is 14.3. The van der Waals surface area contributed by atoms with E-state index >= 15 is 0 Å². The van der Waals surface area contributed by atoms with E-state index in [1.165, 1.54) is 154 Å². The molecule has 0 aromatic heterocycles. The summed E-state index contributed by atoms with van der Waals surface area (Å²) in [5.74, 6) is 0. The first-order chi connectivity index (χ1) is 24.7. The van der Waals surface area contributed by atoms with E-state index < -0.39 is 6.16 Å². The molecule has 3 atom stereocenters. The quantitative estimate of drug-likeness (QED) is 0.0391. The van der Waals surface area contributed by atoms with Crippen LogP contribution in [0.2, 0.25) is 0 Å². The lowest BCUT2D eigenvalue weighted by Crippen LogP contribution is -2.27. The van der Waals surface area contributed by atoms with E-state index in [2.05, 4.69) is 26.0 Å². The summed E-state index contributed by atoms with van der Waals surface area (Å²) >= 11 is 0. The number of ether oxygens (including phenoxy) is 4. The van der Waals surface area contributed by atoms with Crippen LogP contribution in [-0.2, 0) is 18.9 Å². The van der Waals surface area contributed by atoms with E-state index in [9.17, 15) is 4.79 Å². The van der Waals surface area contributed by atoms with Crippen LogP contribution in [0.15, 0.2) is 12.2 Å². The first-order valence-electron chi connectivity index (χ1n) is 22.0. The highest BCUT2D eigenvalue weighted by Crippen LogP contribution is 2.21. The Kier molecular flexibility index (Phi) is 35.3. The van der Waals surface area contributed by atoms with Gasteiger partial charge in [-0.1, -0.05) is 174 Å². The van der Waals surface area contributed by atoms with Gasteiger partial charge in [0.2, 0.25) is 0 Å². The Hall–Kier alpha value is -1.11. The largest absolute Gasteiger partial charge is 0.506 e. The van der Waals surface area contributed by atoms with E-state index in [0.29, 0.717) is 13.2 Å². The lowest BCUT2D eigenvalue weighted by Gasteiger charge is -2.27. The number of carbonyl (C=O) groups is 1. The molecule has 0 radical (unpaired) electrons. The van der Waals surface area contributed by atoms with Gasteiger partial charge in [-0.15, -0.1) is 0 Å². The van der Waals surface area contributed by atoms with Gasteiger partial charge in [-0.05, 0) is 64.2 Å². The van der Waals surface area contributed by atoms with Crippen molar-refractivity contribution < 1.29 is 28.8 Å². The Morgan fingerprint density at radius 1 is 0.640 bits per heavy atom. The molecule has 6 heteroatoms. The van der Waals surface area contributed by atoms with Crippen LogP contribution < -0.4 is 0 Å². The van der Waals surface area contributed by atoms with Crippen LogP contribution >= 0.6 is 0 Å². The Morgan fingerprint density at radius 2 is 1.14 bits per heavy atom. The van der Waals surface area contributed by atoms with Crippen molar-refractivity contribution in [1.29, 1.82) is 0 Å². The summed E-state index contributed by atoms with van der Waals surface area (Å²) in [5.41, 5.74) is 0. The Balaban J connectivity index is 1.98. The molecule has 1 rings (SSSR count). The molecule has 1 N–H and O–H groups in total. The van der Waals surface area contributed by atoms with E-state index in [-0.39, 0.29) is 18.5 Å². The fourth-order valence-electron chi connectivity index (χ4n) is 7.07. The minimum Gasteiger partial charge on any atom is -0.450 e. The van der Waals surface area contributed by atoms with Gasteiger partial charge >= 0.3 is 6.16 Å². The number of carboxylic acid groups (broad SMARTS) is 1. The number of rotatable bonds is 38. The number of unbranched alkanes of at least 4 members (excludes halogenated alkanes) is 24. The van der Waals surface area contributed by atoms with Gasteiger partial charge in [0, 0.05) is 13.2 Å². The van der Waals surface area contributed by atoms with Gasteiger partial charge in [0.15, 0.2) is 6.29 Å². The summed E-state index contributed by atoms with van der Waals surface area (Å²) in [7, 11) is 0. The summed E-state index contributed by atoms with van der Waals surface area (Å²) in [6.07, 6.45) is 44.7. The molecule has 0 amide bonds. The molecular weight excluding hydrogens is 624 g/mol. The molecule has 1 saturated heterocycles. The van der Waals surface area contributed by atoms with Crippen LogP contribution in [0.3, 0.4) is 0 Å². The summed E-state index contributed by atoms with van der Waals surface area (Å²) in [5, 5.41) is 9.16. The second-order valence-electron chi connectivity index (χ2n) is 15.2. The van der Waals surface area contributed by atoms with E-state index in [1.807, 2.05) is 0 Å². The van der Waals surface area contributed by atoms with Crippen molar-refractivity contribution >= 4 is 6.16 Å². The van der Waals surface area contributed by atoms with Crippen molar-refractivity contribution in [3.05, 3.63) is 12.2 Å². The average molecular weight is 709 g/mol. The van der Waals surface area contributed by atoms with Crippen molar-refractivity contribution in [1.82, 2.24) is 0 Å². The fourth-order valence-corrected chi connectivity index (χ4v) is 7.07. The van der Waals surface area contributed by atoms with Gasteiger partial charge in [0.1, 0.15) is 6.10 Å². The molecular formula is C44H84O6. The van der Waals surface area contributed by atoms with Gasteiger partial charge in [-0.25, -0.2) is 4.79 Å². The lowest BCUT2D eigenvalue weighted by molar-refractivity contribution is -0.188. The summed E-state index contributed by atoms with van der Waals surface area (Å²) in [6, 6.07) is 0. The van der Waals surface area contributed by atoms with Crippen LogP contribution in [0.5, 0.6) is 0 Å². The van der Waals surface area contributed by atoms with Crippen molar-refractivity contribution in [2.45, 2.75) is 244 Å². The maximum atomic E-state index is 11.2. The molecule has 0 bridgehead atoms. The van der Waals surface area contributed by atoms with Crippen LogP contribution in [0.25, 0.3) is 0 Å². The van der Waals surface area contributed by atoms with Crippen LogP contribution in [0, 0.1) is 0 Å². The van der Waals surface area contributed by atoms with Crippen molar-refractivity contribution in [2.75, 3.05) is 19.8 Å². The molecule has 0 aromatic rings. The third-order valence-corrected chi connectivity index (χ3v) is 10.3. The lowest BCUT2D eigenvalue weighted by atomic mass is 10.0. The zero-order valence-corrected chi connectivity index (χ0v) is 33.3. The van der Waals surface area contributed by atoms with Crippen molar-refractivity contribution in [3.8, 4) is 0 Å².